The number of nitrogens with zero attached hydrogens (tertiary/aromatic N) is 1. The van der Waals surface area contributed by atoms with E-state index in [0.29, 0.717) is 17.7 Å². The van der Waals surface area contributed by atoms with Gasteiger partial charge in [0, 0.05) is 24.2 Å². The molecule has 1 aliphatic carbocycles. The lowest BCUT2D eigenvalue weighted by molar-refractivity contribution is 0.0890. The van der Waals surface area contributed by atoms with Crippen molar-refractivity contribution in [2.45, 2.75) is 24.9 Å². The first-order valence-corrected chi connectivity index (χ1v) is 7.87. The van der Waals surface area contributed by atoms with Crippen LogP contribution in [0.25, 0.3) is 11.3 Å². The average Bonchev–Trinajstić information content (AvgIpc) is 3.31. The first-order chi connectivity index (χ1) is 11.2. The Morgan fingerprint density at radius 3 is 2.83 bits per heavy atom. The van der Waals surface area contributed by atoms with Gasteiger partial charge in [0.15, 0.2) is 5.76 Å². The SMILES string of the molecule is COc1ccc(-c2cnc(C(=O)NC3CC4CC3CN4)o2)cc1. The van der Waals surface area contributed by atoms with E-state index in [-0.39, 0.29) is 17.8 Å². The minimum absolute atomic E-state index is 0.117. The molecule has 6 nitrogen and oxygen atoms in total. The molecule has 6 heteroatoms. The Kier molecular flexibility index (Phi) is 3.53. The number of carbonyl (C=O) groups is 1. The molecule has 1 saturated carbocycles. The topological polar surface area (TPSA) is 76.4 Å². The summed E-state index contributed by atoms with van der Waals surface area (Å²) in [4.78, 5) is 16.4. The van der Waals surface area contributed by atoms with E-state index in [1.807, 2.05) is 24.3 Å². The van der Waals surface area contributed by atoms with Crippen molar-refractivity contribution in [1.29, 1.82) is 0 Å². The summed E-state index contributed by atoms with van der Waals surface area (Å²) in [6.07, 6.45) is 3.72. The number of aromatic nitrogens is 1. The molecule has 3 atom stereocenters. The van der Waals surface area contributed by atoms with Crippen molar-refractivity contribution in [1.82, 2.24) is 15.6 Å². The minimum atomic E-state index is -0.234. The second-order valence-electron chi connectivity index (χ2n) is 6.17. The number of methoxy groups -OCH3 is 1. The number of hydrogen-bond acceptors (Lipinski definition) is 5. The summed E-state index contributed by atoms with van der Waals surface area (Å²) < 4.78 is 10.7. The maximum absolute atomic E-state index is 12.3. The average molecular weight is 313 g/mol. The van der Waals surface area contributed by atoms with Crippen LogP contribution in [-0.2, 0) is 0 Å². The summed E-state index contributed by atoms with van der Waals surface area (Å²) in [7, 11) is 1.62. The molecule has 2 heterocycles. The van der Waals surface area contributed by atoms with Crippen LogP contribution in [0.15, 0.2) is 34.9 Å². The number of ether oxygens (including phenoxy) is 1. The summed E-state index contributed by atoms with van der Waals surface area (Å²) in [5.74, 6) is 1.76. The molecule has 3 unspecified atom stereocenters. The van der Waals surface area contributed by atoms with E-state index in [1.54, 1.807) is 13.3 Å². The molecule has 120 valence electrons. The first kappa shape index (κ1) is 14.3. The number of oxazole rings is 1. The van der Waals surface area contributed by atoms with Crippen molar-refractivity contribution in [2.24, 2.45) is 5.92 Å². The number of amides is 1. The van der Waals surface area contributed by atoms with Gasteiger partial charge in [0.1, 0.15) is 5.75 Å². The molecule has 1 aromatic heterocycles. The highest BCUT2D eigenvalue weighted by molar-refractivity contribution is 5.90. The zero-order valence-corrected chi connectivity index (χ0v) is 12.9. The Morgan fingerprint density at radius 2 is 2.17 bits per heavy atom. The summed E-state index contributed by atoms with van der Waals surface area (Å²) in [6.45, 7) is 0.984. The van der Waals surface area contributed by atoms with Crippen LogP contribution in [0.2, 0.25) is 0 Å². The largest absolute Gasteiger partial charge is 0.497 e. The van der Waals surface area contributed by atoms with Crippen LogP contribution in [-0.4, -0.2) is 36.6 Å². The van der Waals surface area contributed by atoms with Gasteiger partial charge in [-0.05, 0) is 43.0 Å². The van der Waals surface area contributed by atoms with Crippen LogP contribution >= 0.6 is 0 Å². The van der Waals surface area contributed by atoms with Gasteiger partial charge in [-0.3, -0.25) is 4.79 Å². The minimum Gasteiger partial charge on any atom is -0.497 e. The molecule has 1 aromatic carbocycles. The van der Waals surface area contributed by atoms with Crippen LogP contribution < -0.4 is 15.4 Å². The van der Waals surface area contributed by atoms with Crippen LogP contribution in [0, 0.1) is 5.92 Å². The molecule has 0 spiro atoms. The molecule has 4 rings (SSSR count). The maximum atomic E-state index is 12.3. The Morgan fingerprint density at radius 1 is 1.35 bits per heavy atom. The Bertz CT molecular complexity index is 710. The Labute approximate surface area is 134 Å². The van der Waals surface area contributed by atoms with E-state index in [0.717, 1.165) is 30.7 Å². The van der Waals surface area contributed by atoms with Crippen LogP contribution in [0.5, 0.6) is 5.75 Å². The number of carbonyl (C=O) groups excluding carboxylic acids is 1. The fraction of sp³-hybridized carbons (Fsp3) is 0.412. The molecule has 1 aliphatic heterocycles. The third-order valence-electron chi connectivity index (χ3n) is 4.75. The summed E-state index contributed by atoms with van der Waals surface area (Å²) in [5.41, 5.74) is 0.862. The fourth-order valence-electron chi connectivity index (χ4n) is 3.51. The second kappa shape index (κ2) is 5.70. The van der Waals surface area contributed by atoms with E-state index in [2.05, 4.69) is 15.6 Å². The molecule has 2 N–H and O–H groups in total. The standard InChI is InChI=1S/C17H19N3O3/c1-22-13-4-2-10(3-5-13)15-9-19-17(23-15)16(21)20-14-7-12-6-11(14)8-18-12/h2-5,9,11-12,14,18H,6-8H2,1H3,(H,20,21). The molecular weight excluding hydrogens is 294 g/mol. The van der Waals surface area contributed by atoms with Gasteiger partial charge in [-0.25, -0.2) is 4.98 Å². The molecule has 2 aliphatic rings. The van der Waals surface area contributed by atoms with Crippen molar-refractivity contribution in [2.75, 3.05) is 13.7 Å². The normalized spacial score (nSPS) is 25.5. The van der Waals surface area contributed by atoms with E-state index in [9.17, 15) is 4.79 Å². The van der Waals surface area contributed by atoms with Gasteiger partial charge < -0.3 is 19.8 Å². The zero-order chi connectivity index (χ0) is 15.8. The predicted octanol–water partition coefficient (Wildman–Crippen LogP) is 1.83. The summed E-state index contributed by atoms with van der Waals surface area (Å²) in [6, 6.07) is 8.22. The number of benzene rings is 1. The number of rotatable bonds is 4. The van der Waals surface area contributed by atoms with Gasteiger partial charge in [0.2, 0.25) is 0 Å². The highest BCUT2D eigenvalue weighted by Gasteiger charge is 2.40. The van der Waals surface area contributed by atoms with Gasteiger partial charge in [0.05, 0.1) is 13.3 Å². The van der Waals surface area contributed by atoms with Gasteiger partial charge in [0.25, 0.3) is 5.89 Å². The van der Waals surface area contributed by atoms with Gasteiger partial charge in [-0.1, -0.05) is 0 Å². The number of piperidine rings is 1. The lowest BCUT2D eigenvalue weighted by Crippen LogP contribution is -2.44. The third kappa shape index (κ3) is 2.70. The van der Waals surface area contributed by atoms with Crippen LogP contribution in [0.4, 0.5) is 0 Å². The molecule has 2 aromatic rings. The van der Waals surface area contributed by atoms with Crippen LogP contribution in [0.3, 0.4) is 0 Å². The summed E-state index contributed by atoms with van der Waals surface area (Å²) >= 11 is 0. The van der Waals surface area contributed by atoms with Gasteiger partial charge >= 0.3 is 5.91 Å². The van der Waals surface area contributed by atoms with Gasteiger partial charge in [-0.2, -0.15) is 0 Å². The lowest BCUT2D eigenvalue weighted by Gasteiger charge is -2.22. The highest BCUT2D eigenvalue weighted by atomic mass is 16.5. The Hall–Kier alpha value is -2.34. The second-order valence-corrected chi connectivity index (χ2v) is 6.17. The molecule has 0 radical (unpaired) electrons. The van der Waals surface area contributed by atoms with Gasteiger partial charge in [-0.15, -0.1) is 0 Å². The van der Waals surface area contributed by atoms with Crippen molar-refractivity contribution >= 4 is 5.91 Å². The van der Waals surface area contributed by atoms with Crippen molar-refractivity contribution in [3.63, 3.8) is 0 Å². The molecular formula is C17H19N3O3. The van der Waals surface area contributed by atoms with Crippen LogP contribution in [0.1, 0.15) is 23.5 Å². The van der Waals surface area contributed by atoms with Crippen molar-refractivity contribution in [3.8, 4) is 17.1 Å². The first-order valence-electron chi connectivity index (χ1n) is 7.87. The van der Waals surface area contributed by atoms with E-state index >= 15 is 0 Å². The quantitative estimate of drug-likeness (QED) is 0.900. The number of nitrogens with one attached hydrogen (secondary N) is 2. The lowest BCUT2D eigenvalue weighted by atomic mass is 10.0. The smallest absolute Gasteiger partial charge is 0.307 e. The van der Waals surface area contributed by atoms with E-state index in [1.165, 1.54) is 0 Å². The third-order valence-corrected chi connectivity index (χ3v) is 4.75. The zero-order valence-electron chi connectivity index (χ0n) is 12.9. The summed E-state index contributed by atoms with van der Waals surface area (Å²) in [5, 5.41) is 6.49. The number of fused-ring (bicyclic) bond motifs is 2. The monoisotopic (exact) mass is 313 g/mol. The van der Waals surface area contributed by atoms with E-state index < -0.39 is 0 Å². The Balaban J connectivity index is 1.45. The van der Waals surface area contributed by atoms with E-state index in [4.69, 9.17) is 9.15 Å². The number of hydrogen-bond donors (Lipinski definition) is 2. The van der Waals surface area contributed by atoms with Crippen molar-refractivity contribution in [3.05, 3.63) is 36.4 Å². The van der Waals surface area contributed by atoms with Crippen molar-refractivity contribution < 1.29 is 13.9 Å². The predicted molar refractivity (Wildman–Crippen MR) is 84.3 cm³/mol. The maximum Gasteiger partial charge on any atom is 0.307 e. The molecule has 23 heavy (non-hydrogen) atoms. The molecule has 1 amide bonds. The fourth-order valence-corrected chi connectivity index (χ4v) is 3.51. The molecule has 1 saturated heterocycles. The highest BCUT2D eigenvalue weighted by Crippen LogP contribution is 2.31. The molecule has 2 fully saturated rings. The molecule has 2 bridgehead atoms.